The zero-order chi connectivity index (χ0) is 21.1. The van der Waals surface area contributed by atoms with Crippen LogP contribution in [0.1, 0.15) is 48.0 Å². The number of pyridine rings is 1. The summed E-state index contributed by atoms with van der Waals surface area (Å²) in [6, 6.07) is 10.1. The second-order valence-electron chi connectivity index (χ2n) is 7.65. The van der Waals surface area contributed by atoms with Crippen LogP contribution in [0.5, 0.6) is 0 Å². The van der Waals surface area contributed by atoms with Gasteiger partial charge in [0.1, 0.15) is 0 Å². The molecule has 4 rings (SSSR count). The highest BCUT2D eigenvalue weighted by molar-refractivity contribution is 6.22. The summed E-state index contributed by atoms with van der Waals surface area (Å²) >= 11 is 0. The monoisotopic (exact) mass is 407 g/mol. The molecule has 0 radical (unpaired) electrons. The molecule has 7 nitrogen and oxygen atoms in total. The Labute approximate surface area is 175 Å². The van der Waals surface area contributed by atoms with Crippen molar-refractivity contribution in [2.24, 2.45) is 0 Å². The fourth-order valence-corrected chi connectivity index (χ4v) is 4.31. The Hall–Kier alpha value is -3.06. The number of hydrogen-bond donors (Lipinski definition) is 0. The molecule has 2 aliphatic rings. The van der Waals surface area contributed by atoms with E-state index in [0.29, 0.717) is 23.8 Å². The standard InChI is InChI=1S/C23H25N3O4/c1-2-30-23(29)18-3-5-19(6-4-18)26-21(27)15-20(22(26)28)25-13-9-17(10-14-25)16-7-11-24-12-8-16/h3-8,11-12,17,20H,2,9-10,13-15H2,1H3/t20-/m1/s1. The SMILES string of the molecule is CCOC(=O)c1ccc(N2C(=O)C[C@@H](N3CCC(c4ccncc4)CC3)C2=O)cc1. The molecule has 30 heavy (non-hydrogen) atoms. The maximum absolute atomic E-state index is 13.1. The van der Waals surface area contributed by atoms with E-state index in [-0.39, 0.29) is 18.2 Å². The maximum atomic E-state index is 13.1. The Morgan fingerprint density at radius 3 is 2.37 bits per heavy atom. The van der Waals surface area contributed by atoms with E-state index >= 15 is 0 Å². The number of hydrogen-bond acceptors (Lipinski definition) is 6. The average molecular weight is 407 g/mol. The quantitative estimate of drug-likeness (QED) is 0.560. The molecule has 0 saturated carbocycles. The Bertz CT molecular complexity index is 921. The molecule has 0 unspecified atom stereocenters. The number of ether oxygens (including phenoxy) is 1. The highest BCUT2D eigenvalue weighted by Gasteiger charge is 2.43. The topological polar surface area (TPSA) is 79.8 Å². The summed E-state index contributed by atoms with van der Waals surface area (Å²) in [4.78, 5) is 44.9. The summed E-state index contributed by atoms with van der Waals surface area (Å²) in [5, 5.41) is 0. The fourth-order valence-electron chi connectivity index (χ4n) is 4.31. The van der Waals surface area contributed by atoms with Crippen LogP contribution in [0.25, 0.3) is 0 Å². The molecule has 2 saturated heterocycles. The van der Waals surface area contributed by atoms with Crippen LogP contribution in [0.2, 0.25) is 0 Å². The van der Waals surface area contributed by atoms with Gasteiger partial charge in [-0.1, -0.05) is 0 Å². The molecule has 0 aliphatic carbocycles. The number of benzene rings is 1. The Morgan fingerprint density at radius 1 is 1.07 bits per heavy atom. The van der Waals surface area contributed by atoms with Gasteiger partial charge in [0.25, 0.3) is 5.91 Å². The van der Waals surface area contributed by atoms with Crippen LogP contribution < -0.4 is 4.90 Å². The molecule has 2 amide bonds. The minimum Gasteiger partial charge on any atom is -0.462 e. The van der Waals surface area contributed by atoms with E-state index in [1.165, 1.54) is 10.5 Å². The lowest BCUT2D eigenvalue weighted by Gasteiger charge is -2.34. The van der Waals surface area contributed by atoms with Crippen LogP contribution >= 0.6 is 0 Å². The van der Waals surface area contributed by atoms with Gasteiger partial charge in [-0.05, 0) is 80.7 Å². The summed E-state index contributed by atoms with van der Waals surface area (Å²) in [6.07, 6.45) is 5.72. The lowest BCUT2D eigenvalue weighted by Crippen LogP contribution is -2.45. The normalized spacial score (nSPS) is 20.6. The fraction of sp³-hybridized carbons (Fsp3) is 0.391. The number of imide groups is 1. The van der Waals surface area contributed by atoms with Crippen molar-refractivity contribution in [2.75, 3.05) is 24.6 Å². The van der Waals surface area contributed by atoms with E-state index in [0.717, 1.165) is 25.9 Å². The van der Waals surface area contributed by atoms with Crippen molar-refractivity contribution in [1.82, 2.24) is 9.88 Å². The summed E-state index contributed by atoms with van der Waals surface area (Å²) < 4.78 is 4.98. The van der Waals surface area contributed by atoms with Gasteiger partial charge in [0, 0.05) is 12.4 Å². The van der Waals surface area contributed by atoms with Gasteiger partial charge in [-0.15, -0.1) is 0 Å². The zero-order valence-electron chi connectivity index (χ0n) is 17.0. The van der Waals surface area contributed by atoms with Crippen molar-refractivity contribution in [3.8, 4) is 0 Å². The molecule has 2 aromatic rings. The van der Waals surface area contributed by atoms with Gasteiger partial charge in [-0.2, -0.15) is 0 Å². The summed E-state index contributed by atoms with van der Waals surface area (Å²) in [5.41, 5.74) is 2.17. The zero-order valence-corrected chi connectivity index (χ0v) is 17.0. The molecule has 0 N–H and O–H groups in total. The molecule has 7 heteroatoms. The van der Waals surface area contributed by atoms with Gasteiger partial charge in [0.05, 0.1) is 30.3 Å². The predicted molar refractivity (Wildman–Crippen MR) is 111 cm³/mol. The molecule has 1 atom stereocenters. The molecule has 0 spiro atoms. The number of carbonyl (C=O) groups is 3. The minimum absolute atomic E-state index is 0.189. The third-order valence-corrected chi connectivity index (χ3v) is 5.91. The first-order valence-electron chi connectivity index (χ1n) is 10.4. The molecule has 1 aromatic heterocycles. The second kappa shape index (κ2) is 8.75. The highest BCUT2D eigenvalue weighted by atomic mass is 16.5. The molecular formula is C23H25N3O4. The van der Waals surface area contributed by atoms with E-state index in [1.54, 1.807) is 31.2 Å². The number of anilines is 1. The molecule has 2 aliphatic heterocycles. The molecule has 1 aromatic carbocycles. The number of carbonyl (C=O) groups excluding carboxylic acids is 3. The van der Waals surface area contributed by atoms with Crippen LogP contribution in [0.15, 0.2) is 48.8 Å². The average Bonchev–Trinajstić information content (AvgIpc) is 3.08. The van der Waals surface area contributed by atoms with Gasteiger partial charge >= 0.3 is 5.97 Å². The van der Waals surface area contributed by atoms with E-state index < -0.39 is 12.0 Å². The van der Waals surface area contributed by atoms with Gasteiger partial charge in [0.15, 0.2) is 0 Å². The van der Waals surface area contributed by atoms with E-state index in [2.05, 4.69) is 9.88 Å². The van der Waals surface area contributed by atoms with Crippen LogP contribution in [0.3, 0.4) is 0 Å². The summed E-state index contributed by atoms with van der Waals surface area (Å²) in [7, 11) is 0. The molecular weight excluding hydrogens is 382 g/mol. The van der Waals surface area contributed by atoms with Gasteiger partial charge in [-0.25, -0.2) is 9.69 Å². The number of amides is 2. The van der Waals surface area contributed by atoms with Crippen molar-refractivity contribution in [2.45, 2.75) is 38.1 Å². The Balaban J connectivity index is 1.41. The van der Waals surface area contributed by atoms with E-state index in [4.69, 9.17) is 4.74 Å². The molecule has 156 valence electrons. The van der Waals surface area contributed by atoms with Crippen molar-refractivity contribution >= 4 is 23.5 Å². The first-order valence-corrected chi connectivity index (χ1v) is 10.4. The number of nitrogens with zero attached hydrogens (tertiary/aromatic N) is 3. The van der Waals surface area contributed by atoms with Crippen LogP contribution in [-0.4, -0.2) is 53.4 Å². The van der Waals surface area contributed by atoms with Crippen molar-refractivity contribution in [3.05, 3.63) is 59.9 Å². The number of likely N-dealkylation sites (tertiary alicyclic amines) is 1. The highest BCUT2D eigenvalue weighted by Crippen LogP contribution is 2.32. The Morgan fingerprint density at radius 2 is 1.73 bits per heavy atom. The van der Waals surface area contributed by atoms with Gasteiger partial charge < -0.3 is 4.74 Å². The number of rotatable bonds is 5. The second-order valence-corrected chi connectivity index (χ2v) is 7.65. The molecule has 0 bridgehead atoms. The molecule has 2 fully saturated rings. The number of aromatic nitrogens is 1. The van der Waals surface area contributed by atoms with Crippen molar-refractivity contribution in [1.29, 1.82) is 0 Å². The maximum Gasteiger partial charge on any atom is 0.338 e. The van der Waals surface area contributed by atoms with E-state index in [9.17, 15) is 14.4 Å². The number of piperidine rings is 1. The van der Waals surface area contributed by atoms with E-state index in [1.807, 2.05) is 24.5 Å². The molecule has 3 heterocycles. The third-order valence-electron chi connectivity index (χ3n) is 5.91. The lowest BCUT2D eigenvalue weighted by atomic mass is 9.89. The summed E-state index contributed by atoms with van der Waals surface area (Å²) in [5.74, 6) is -0.350. The van der Waals surface area contributed by atoms with Crippen LogP contribution in [0.4, 0.5) is 5.69 Å². The van der Waals surface area contributed by atoms with Gasteiger partial charge in [-0.3, -0.25) is 19.5 Å². The Kier molecular flexibility index (Phi) is 5.90. The summed E-state index contributed by atoms with van der Waals surface area (Å²) in [6.45, 7) is 3.61. The first-order chi connectivity index (χ1) is 14.6. The minimum atomic E-state index is -0.418. The third kappa shape index (κ3) is 3.98. The first kappa shape index (κ1) is 20.2. The smallest absolute Gasteiger partial charge is 0.338 e. The predicted octanol–water partition coefficient (Wildman–Crippen LogP) is 2.77. The van der Waals surface area contributed by atoms with Crippen LogP contribution in [0, 0.1) is 0 Å². The number of esters is 1. The van der Waals surface area contributed by atoms with Crippen LogP contribution in [-0.2, 0) is 14.3 Å². The van der Waals surface area contributed by atoms with Crippen molar-refractivity contribution in [3.63, 3.8) is 0 Å². The lowest BCUT2D eigenvalue weighted by molar-refractivity contribution is -0.123. The van der Waals surface area contributed by atoms with Gasteiger partial charge in [0.2, 0.25) is 5.91 Å². The largest absolute Gasteiger partial charge is 0.462 e. The van der Waals surface area contributed by atoms with Crippen molar-refractivity contribution < 1.29 is 19.1 Å².